The van der Waals surface area contributed by atoms with Crippen LogP contribution in [0.1, 0.15) is 38.1 Å². The average molecular weight is 362 g/mol. The summed E-state index contributed by atoms with van der Waals surface area (Å²) in [5.74, 6) is -0.929. The SMILES string of the molecule is CC.CC.[B]CN(c1ccccn1)S(=O)(=O)c1ccc(C(=O)O)cc1. The zero-order valence-corrected chi connectivity index (χ0v) is 15.7. The quantitative estimate of drug-likeness (QED) is 0.826. The predicted octanol–water partition coefficient (Wildman–Crippen LogP) is 3.15. The zero-order valence-electron chi connectivity index (χ0n) is 14.9. The molecule has 1 N–H and O–H groups in total. The Morgan fingerprint density at radius 3 is 2.04 bits per heavy atom. The molecule has 6 nitrogen and oxygen atoms in total. The van der Waals surface area contributed by atoms with E-state index in [-0.39, 0.29) is 22.7 Å². The smallest absolute Gasteiger partial charge is 0.335 e. The average Bonchev–Trinajstić information content (AvgIpc) is 2.66. The van der Waals surface area contributed by atoms with Crippen molar-refractivity contribution in [3.05, 3.63) is 54.2 Å². The molecule has 25 heavy (non-hydrogen) atoms. The van der Waals surface area contributed by atoms with E-state index in [0.29, 0.717) is 0 Å². The number of carboxylic acid groups (broad SMARTS) is 1. The van der Waals surface area contributed by atoms with Crippen LogP contribution in [0.3, 0.4) is 0 Å². The van der Waals surface area contributed by atoms with Crippen LogP contribution >= 0.6 is 0 Å². The number of rotatable bonds is 5. The molecule has 0 aliphatic rings. The van der Waals surface area contributed by atoms with Gasteiger partial charge in [-0.3, -0.25) is 4.31 Å². The van der Waals surface area contributed by atoms with E-state index in [0.717, 1.165) is 4.31 Å². The molecule has 2 radical (unpaired) electrons. The highest BCUT2D eigenvalue weighted by Crippen LogP contribution is 2.21. The van der Waals surface area contributed by atoms with Gasteiger partial charge in [-0.25, -0.2) is 18.2 Å². The van der Waals surface area contributed by atoms with Gasteiger partial charge in [0.15, 0.2) is 0 Å². The number of pyridine rings is 1. The van der Waals surface area contributed by atoms with E-state index in [9.17, 15) is 13.2 Å². The lowest BCUT2D eigenvalue weighted by molar-refractivity contribution is 0.0696. The molecule has 1 aromatic heterocycles. The number of hydrogen-bond acceptors (Lipinski definition) is 4. The molecule has 0 fully saturated rings. The molecular formula is C17H23BN2O4S. The van der Waals surface area contributed by atoms with Crippen molar-refractivity contribution in [1.82, 2.24) is 4.98 Å². The first kappa shape index (κ1) is 22.7. The molecule has 0 saturated carbocycles. The van der Waals surface area contributed by atoms with Crippen LogP contribution in [-0.2, 0) is 10.0 Å². The molecule has 0 bridgehead atoms. The molecule has 0 unspecified atom stereocenters. The van der Waals surface area contributed by atoms with Gasteiger partial charge in [-0.1, -0.05) is 33.8 Å². The van der Waals surface area contributed by atoms with Crippen molar-refractivity contribution in [3.63, 3.8) is 0 Å². The number of sulfonamides is 1. The third-order valence-electron chi connectivity index (χ3n) is 2.76. The van der Waals surface area contributed by atoms with Gasteiger partial charge in [-0.15, -0.1) is 0 Å². The first-order chi connectivity index (χ1) is 12.0. The van der Waals surface area contributed by atoms with Crippen molar-refractivity contribution in [2.24, 2.45) is 0 Å². The minimum atomic E-state index is -3.89. The van der Waals surface area contributed by atoms with E-state index in [4.69, 9.17) is 13.0 Å². The number of benzene rings is 1. The number of carbonyl (C=O) groups is 1. The van der Waals surface area contributed by atoms with E-state index in [1.807, 2.05) is 27.7 Å². The molecule has 0 saturated heterocycles. The van der Waals surface area contributed by atoms with Crippen LogP contribution in [0, 0.1) is 0 Å². The second-order valence-corrected chi connectivity index (χ2v) is 5.92. The third-order valence-corrected chi connectivity index (χ3v) is 4.54. The van der Waals surface area contributed by atoms with Crippen LogP contribution in [0.4, 0.5) is 5.82 Å². The van der Waals surface area contributed by atoms with Gasteiger partial charge in [0.2, 0.25) is 0 Å². The van der Waals surface area contributed by atoms with Gasteiger partial charge in [0.1, 0.15) is 5.82 Å². The Morgan fingerprint density at radius 2 is 1.64 bits per heavy atom. The third kappa shape index (κ3) is 5.90. The lowest BCUT2D eigenvalue weighted by Crippen LogP contribution is -2.32. The summed E-state index contributed by atoms with van der Waals surface area (Å²) in [7, 11) is 1.63. The van der Waals surface area contributed by atoms with Crippen molar-refractivity contribution in [2.75, 3.05) is 10.7 Å². The summed E-state index contributed by atoms with van der Waals surface area (Å²) >= 11 is 0. The summed E-state index contributed by atoms with van der Waals surface area (Å²) in [5.41, 5.74) is 0.00563. The van der Waals surface area contributed by atoms with Crippen molar-refractivity contribution in [3.8, 4) is 0 Å². The van der Waals surface area contributed by atoms with Crippen LogP contribution in [0.5, 0.6) is 0 Å². The predicted molar refractivity (Wildman–Crippen MR) is 101 cm³/mol. The van der Waals surface area contributed by atoms with Gasteiger partial charge in [0.05, 0.1) is 18.3 Å². The molecular weight excluding hydrogens is 339 g/mol. The Bertz CT molecular complexity index is 735. The lowest BCUT2D eigenvalue weighted by Gasteiger charge is -2.22. The normalized spacial score (nSPS) is 9.76. The van der Waals surface area contributed by atoms with E-state index in [2.05, 4.69) is 4.98 Å². The van der Waals surface area contributed by atoms with Gasteiger partial charge < -0.3 is 5.11 Å². The Hall–Kier alpha value is -2.35. The summed E-state index contributed by atoms with van der Waals surface area (Å²) in [4.78, 5) is 14.7. The highest BCUT2D eigenvalue weighted by molar-refractivity contribution is 7.92. The molecule has 0 spiro atoms. The monoisotopic (exact) mass is 362 g/mol. The summed E-state index contributed by atoms with van der Waals surface area (Å²) < 4.78 is 26.0. The van der Waals surface area contributed by atoms with Gasteiger partial charge in [0, 0.05) is 6.20 Å². The van der Waals surface area contributed by atoms with Gasteiger partial charge >= 0.3 is 5.97 Å². The maximum absolute atomic E-state index is 12.5. The van der Waals surface area contributed by atoms with Crippen LogP contribution in [0.25, 0.3) is 0 Å². The topological polar surface area (TPSA) is 87.6 Å². The minimum Gasteiger partial charge on any atom is -0.478 e. The van der Waals surface area contributed by atoms with Crippen LogP contribution in [-0.4, -0.2) is 38.8 Å². The van der Waals surface area contributed by atoms with Crippen LogP contribution in [0.2, 0.25) is 0 Å². The lowest BCUT2D eigenvalue weighted by atomic mass is 10.2. The fraction of sp³-hybridized carbons (Fsp3) is 0.294. The van der Waals surface area contributed by atoms with Crippen molar-refractivity contribution in [2.45, 2.75) is 32.6 Å². The van der Waals surface area contributed by atoms with Crippen molar-refractivity contribution >= 4 is 29.7 Å². The molecule has 0 aliphatic heterocycles. The fourth-order valence-corrected chi connectivity index (χ4v) is 3.00. The van der Waals surface area contributed by atoms with E-state index in [1.165, 1.54) is 36.5 Å². The Morgan fingerprint density at radius 1 is 1.08 bits per heavy atom. The van der Waals surface area contributed by atoms with Crippen molar-refractivity contribution < 1.29 is 18.3 Å². The largest absolute Gasteiger partial charge is 0.478 e. The number of nitrogens with zero attached hydrogens (tertiary/aromatic N) is 2. The van der Waals surface area contributed by atoms with Gasteiger partial charge in [0.25, 0.3) is 10.0 Å². The molecule has 0 aliphatic carbocycles. The van der Waals surface area contributed by atoms with Crippen LogP contribution < -0.4 is 4.31 Å². The molecule has 1 heterocycles. The summed E-state index contributed by atoms with van der Waals surface area (Å²) in [5, 5.41) is 8.82. The number of carboxylic acids is 1. The molecule has 8 heteroatoms. The number of aromatic carboxylic acids is 1. The highest BCUT2D eigenvalue weighted by atomic mass is 32.2. The standard InChI is InChI=1S/C13H11BN2O4S.2C2H6/c14-9-16(12-3-1-2-8-15-12)21(19,20)11-6-4-10(5-7-11)13(17)18;2*1-2/h1-8H,9H2,(H,17,18);2*1-2H3. The second-order valence-electron chi connectivity index (χ2n) is 4.05. The molecule has 0 amide bonds. The molecule has 2 rings (SSSR count). The second kappa shape index (κ2) is 11.3. The summed E-state index contributed by atoms with van der Waals surface area (Å²) in [6.07, 6.45) is 1.18. The number of aromatic nitrogens is 1. The molecule has 2 aromatic rings. The first-order valence-electron chi connectivity index (χ1n) is 7.94. The van der Waals surface area contributed by atoms with Gasteiger partial charge in [-0.2, -0.15) is 0 Å². The highest BCUT2D eigenvalue weighted by Gasteiger charge is 2.24. The summed E-state index contributed by atoms with van der Waals surface area (Å²) in [6, 6.07) is 9.73. The van der Waals surface area contributed by atoms with E-state index < -0.39 is 16.0 Å². The minimum absolute atomic E-state index is 0.00563. The maximum atomic E-state index is 12.5. The zero-order chi connectivity index (χ0) is 19.5. The van der Waals surface area contributed by atoms with Crippen molar-refractivity contribution in [1.29, 1.82) is 0 Å². The number of anilines is 1. The number of hydrogen-bond donors (Lipinski definition) is 1. The van der Waals surface area contributed by atoms with E-state index >= 15 is 0 Å². The fourth-order valence-electron chi connectivity index (χ4n) is 1.71. The Balaban J connectivity index is 0.00000134. The first-order valence-corrected chi connectivity index (χ1v) is 9.38. The molecule has 0 atom stereocenters. The molecule has 134 valence electrons. The van der Waals surface area contributed by atoms with E-state index in [1.54, 1.807) is 12.1 Å². The van der Waals surface area contributed by atoms with Gasteiger partial charge in [-0.05, 0) is 42.8 Å². The Kier molecular flexibility index (Phi) is 10.2. The maximum Gasteiger partial charge on any atom is 0.335 e. The molecule has 1 aromatic carbocycles. The van der Waals surface area contributed by atoms with Crippen LogP contribution in [0.15, 0.2) is 53.6 Å². The Labute approximate surface area is 151 Å². The summed E-state index contributed by atoms with van der Waals surface area (Å²) in [6.45, 7) is 8.00.